The second-order valence-corrected chi connectivity index (χ2v) is 4.88. The van der Waals surface area contributed by atoms with E-state index in [2.05, 4.69) is 20.8 Å². The van der Waals surface area contributed by atoms with Gasteiger partial charge in [0.15, 0.2) is 15.2 Å². The third-order valence-electron chi connectivity index (χ3n) is 1.54. The van der Waals surface area contributed by atoms with Gasteiger partial charge in [-0.1, -0.05) is 19.8 Å². The van der Waals surface area contributed by atoms with Crippen LogP contribution >= 0.6 is 0 Å². The zero-order valence-electron chi connectivity index (χ0n) is 8.10. The van der Waals surface area contributed by atoms with Crippen LogP contribution in [0.3, 0.4) is 0 Å². The normalized spacial score (nSPS) is 10.5. The van der Waals surface area contributed by atoms with Crippen molar-refractivity contribution in [2.75, 3.05) is 13.2 Å². The van der Waals surface area contributed by atoms with Crippen molar-refractivity contribution in [1.29, 1.82) is 0 Å². The van der Waals surface area contributed by atoms with Crippen LogP contribution in [0.1, 0.15) is 27.2 Å². The van der Waals surface area contributed by atoms with Gasteiger partial charge in [-0.3, -0.25) is 0 Å². The molecular weight excluding hydrogens is 151 g/mol. The summed E-state index contributed by atoms with van der Waals surface area (Å²) < 4.78 is 5.25. The third kappa shape index (κ3) is 10.5. The highest BCUT2D eigenvalue weighted by atomic mass is 27.1. The van der Waals surface area contributed by atoms with Crippen LogP contribution in [0.2, 0.25) is 10.6 Å². The van der Waals surface area contributed by atoms with Crippen molar-refractivity contribution < 1.29 is 4.74 Å². The molecule has 0 atom stereocenters. The molecule has 65 valence electrons. The summed E-state index contributed by atoms with van der Waals surface area (Å²) in [4.78, 5) is 0. The van der Waals surface area contributed by atoms with Crippen LogP contribution in [-0.2, 0) is 4.74 Å². The van der Waals surface area contributed by atoms with Crippen LogP contribution in [0.5, 0.6) is 0 Å². The first-order valence-corrected chi connectivity index (χ1v) is 6.30. The van der Waals surface area contributed by atoms with Crippen LogP contribution in [0.4, 0.5) is 0 Å². The molecule has 0 saturated carbocycles. The number of ether oxygens (including phenoxy) is 1. The molecule has 0 aromatic heterocycles. The highest BCUT2D eigenvalue weighted by Gasteiger charge is 1.96. The Balaban J connectivity index is 2.80. The van der Waals surface area contributed by atoms with E-state index in [9.17, 15) is 0 Å². The van der Waals surface area contributed by atoms with Crippen LogP contribution in [0, 0.1) is 5.92 Å². The van der Waals surface area contributed by atoms with Gasteiger partial charge in [-0.05, 0) is 13.3 Å². The monoisotopic (exact) mass is 171 g/mol. The van der Waals surface area contributed by atoms with Crippen molar-refractivity contribution in [1.82, 2.24) is 0 Å². The number of hydrogen-bond donors (Lipinski definition) is 0. The lowest BCUT2D eigenvalue weighted by atomic mass is 10.3. The number of hydrogen-bond acceptors (Lipinski definition) is 1. The largest absolute Gasteiger partial charge is 0.382 e. The Bertz CT molecular complexity index is 74.0. The fourth-order valence-corrected chi connectivity index (χ4v) is 2.28. The molecule has 0 aliphatic rings. The minimum absolute atomic E-state index is 0.700. The van der Waals surface area contributed by atoms with Gasteiger partial charge in [0.05, 0.1) is 0 Å². The Morgan fingerprint density at radius 1 is 1.36 bits per heavy atom. The summed E-state index contributed by atoms with van der Waals surface area (Å²) in [7, 11) is 0. The number of rotatable bonds is 7. The SMILES string of the molecule is CCOCC[CH2][Al][CH2]C(C)C. The summed E-state index contributed by atoms with van der Waals surface area (Å²) in [6, 6.07) is 0. The van der Waals surface area contributed by atoms with Gasteiger partial charge in [-0.2, -0.15) is 0 Å². The van der Waals surface area contributed by atoms with E-state index in [0.717, 1.165) is 19.1 Å². The smallest absolute Gasteiger partial charge is 0.200 e. The van der Waals surface area contributed by atoms with E-state index in [1.54, 1.807) is 0 Å². The first kappa shape index (κ1) is 11.5. The average Bonchev–Trinajstić information content (AvgIpc) is 1.96. The Kier molecular flexibility index (Phi) is 8.97. The molecular formula is C9H20AlO. The summed E-state index contributed by atoms with van der Waals surface area (Å²) in [5.74, 6) is 0.900. The van der Waals surface area contributed by atoms with Crippen LogP contribution in [0.15, 0.2) is 0 Å². The molecule has 0 aliphatic carbocycles. The quantitative estimate of drug-likeness (QED) is 0.422. The van der Waals surface area contributed by atoms with Gasteiger partial charge in [0, 0.05) is 13.2 Å². The van der Waals surface area contributed by atoms with Crippen molar-refractivity contribution in [2.45, 2.75) is 37.8 Å². The lowest BCUT2D eigenvalue weighted by Gasteiger charge is -2.02. The van der Waals surface area contributed by atoms with Crippen molar-refractivity contribution in [2.24, 2.45) is 5.92 Å². The van der Waals surface area contributed by atoms with Crippen LogP contribution in [0.25, 0.3) is 0 Å². The first-order valence-electron chi connectivity index (χ1n) is 4.66. The predicted octanol–water partition coefficient (Wildman–Crippen LogP) is 2.61. The van der Waals surface area contributed by atoms with E-state index in [1.165, 1.54) is 17.0 Å². The molecule has 0 spiro atoms. The van der Waals surface area contributed by atoms with E-state index in [0.29, 0.717) is 15.2 Å². The average molecular weight is 171 g/mol. The molecule has 0 rings (SSSR count). The highest BCUT2D eigenvalue weighted by molar-refractivity contribution is 6.35. The lowest BCUT2D eigenvalue weighted by Crippen LogP contribution is -1.99. The summed E-state index contributed by atoms with van der Waals surface area (Å²) in [5.41, 5.74) is 0. The topological polar surface area (TPSA) is 9.23 Å². The molecule has 11 heavy (non-hydrogen) atoms. The van der Waals surface area contributed by atoms with Crippen molar-refractivity contribution in [3.05, 3.63) is 0 Å². The van der Waals surface area contributed by atoms with Gasteiger partial charge >= 0.3 is 0 Å². The Labute approximate surface area is 77.2 Å². The maximum Gasteiger partial charge on any atom is 0.200 e. The minimum atomic E-state index is 0.700. The van der Waals surface area contributed by atoms with E-state index in [1.807, 2.05) is 0 Å². The summed E-state index contributed by atoms with van der Waals surface area (Å²) in [5, 5.41) is 2.87. The van der Waals surface area contributed by atoms with E-state index < -0.39 is 0 Å². The van der Waals surface area contributed by atoms with E-state index >= 15 is 0 Å². The zero-order valence-corrected chi connectivity index (χ0v) is 9.25. The van der Waals surface area contributed by atoms with Crippen LogP contribution < -0.4 is 0 Å². The molecule has 0 N–H and O–H groups in total. The summed E-state index contributed by atoms with van der Waals surface area (Å²) in [6.45, 7) is 8.51. The van der Waals surface area contributed by atoms with E-state index in [4.69, 9.17) is 4.74 Å². The Morgan fingerprint density at radius 3 is 2.64 bits per heavy atom. The highest BCUT2D eigenvalue weighted by Crippen LogP contribution is 2.02. The van der Waals surface area contributed by atoms with Gasteiger partial charge in [-0.25, -0.2) is 0 Å². The van der Waals surface area contributed by atoms with Crippen molar-refractivity contribution in [3.63, 3.8) is 0 Å². The van der Waals surface area contributed by atoms with Crippen LogP contribution in [-0.4, -0.2) is 28.4 Å². The fraction of sp³-hybridized carbons (Fsp3) is 1.00. The maximum atomic E-state index is 5.25. The molecule has 0 amide bonds. The predicted molar refractivity (Wildman–Crippen MR) is 51.3 cm³/mol. The first-order chi connectivity index (χ1) is 5.27. The van der Waals surface area contributed by atoms with Gasteiger partial charge in [0.2, 0.25) is 0 Å². The molecule has 1 radical (unpaired) electrons. The summed E-state index contributed by atoms with van der Waals surface area (Å²) in [6.07, 6.45) is 1.27. The zero-order chi connectivity index (χ0) is 8.53. The fourth-order valence-electron chi connectivity index (χ4n) is 0.925. The molecule has 0 bridgehead atoms. The molecule has 0 aromatic carbocycles. The molecule has 0 aliphatic heterocycles. The second-order valence-electron chi connectivity index (χ2n) is 3.26. The van der Waals surface area contributed by atoms with Gasteiger partial charge in [0.1, 0.15) is 0 Å². The Morgan fingerprint density at radius 2 is 2.09 bits per heavy atom. The Hall–Kier alpha value is 0.492. The van der Waals surface area contributed by atoms with E-state index in [-0.39, 0.29) is 0 Å². The lowest BCUT2D eigenvalue weighted by molar-refractivity contribution is 0.148. The third-order valence-corrected chi connectivity index (χ3v) is 3.63. The molecule has 0 fully saturated rings. The van der Waals surface area contributed by atoms with Gasteiger partial charge in [-0.15, -0.1) is 10.6 Å². The molecule has 0 aromatic rings. The van der Waals surface area contributed by atoms with Crippen molar-refractivity contribution >= 4 is 15.2 Å². The maximum absolute atomic E-state index is 5.25. The minimum Gasteiger partial charge on any atom is -0.382 e. The molecule has 0 saturated heterocycles. The van der Waals surface area contributed by atoms with Gasteiger partial charge in [0.25, 0.3) is 0 Å². The summed E-state index contributed by atoms with van der Waals surface area (Å²) >= 11 is 0.700. The molecule has 0 unspecified atom stereocenters. The molecule has 2 heteroatoms. The second kappa shape index (κ2) is 8.59. The molecule has 0 heterocycles. The molecule has 1 nitrogen and oxygen atoms in total. The van der Waals surface area contributed by atoms with Crippen molar-refractivity contribution in [3.8, 4) is 0 Å². The standard InChI is InChI=1S/C5H11O.C4H9.Al/c1-3-5-6-4-2;1-4(2)3;/h1,3-5H2,2H3;4H,1H2,2-3H3;. The van der Waals surface area contributed by atoms with Gasteiger partial charge < -0.3 is 4.74 Å².